The van der Waals surface area contributed by atoms with E-state index in [1.165, 1.54) is 12.5 Å². The lowest BCUT2D eigenvalue weighted by atomic mass is 9.33. The lowest BCUT2D eigenvalue weighted by Gasteiger charge is -2.71. The fraction of sp³-hybridized carbons (Fsp3) is 0.848. The highest BCUT2D eigenvalue weighted by Gasteiger charge is 2.69. The molecular formula is C46H74N2O8. The van der Waals surface area contributed by atoms with Crippen molar-refractivity contribution in [3.05, 3.63) is 11.6 Å². The van der Waals surface area contributed by atoms with Crippen LogP contribution >= 0.6 is 0 Å². The molecule has 2 amide bonds. The fourth-order valence-corrected chi connectivity index (χ4v) is 13.2. The SMILES string of the molecule is C[C@H](NC(=O)CCCCCNC(=O)[C@]12CCC(C)(C)CC1C1=CCC3[C@@]4(C)CC[C@H](OC(=O)CC(C)(C)CC(=O)O)C(C)(C)C4CC[C@@]3(C)[C@]1(C)CC2)C(=O)O. The molecule has 10 heteroatoms. The molecule has 0 spiro atoms. The Morgan fingerprint density at radius 3 is 2.20 bits per heavy atom. The summed E-state index contributed by atoms with van der Waals surface area (Å²) >= 11 is 0. The molecule has 9 atom stereocenters. The van der Waals surface area contributed by atoms with Crippen molar-refractivity contribution in [2.24, 2.45) is 55.7 Å². The van der Waals surface area contributed by atoms with Crippen molar-refractivity contribution in [3.8, 4) is 0 Å². The topological polar surface area (TPSA) is 159 Å². The summed E-state index contributed by atoms with van der Waals surface area (Å²) in [6, 6.07) is -0.902. The van der Waals surface area contributed by atoms with Crippen molar-refractivity contribution in [1.29, 1.82) is 0 Å². The molecule has 0 heterocycles. The number of fused-ring (bicyclic) bond motifs is 7. The second-order valence-electron chi connectivity index (χ2n) is 21.8. The van der Waals surface area contributed by atoms with E-state index in [0.29, 0.717) is 24.8 Å². The Kier molecular flexibility index (Phi) is 12.4. The lowest BCUT2D eigenvalue weighted by molar-refractivity contribution is -0.213. The first-order valence-corrected chi connectivity index (χ1v) is 21.8. The third kappa shape index (κ3) is 8.19. The van der Waals surface area contributed by atoms with Crippen molar-refractivity contribution in [1.82, 2.24) is 10.6 Å². The standard InChI is InChI=1S/C46H74N2O8/c1-29(38(53)54)48-35(49)14-12-11-13-25-47-39(55)46-23-21-40(2,3)26-31(46)30-15-16-33-43(8)19-18-34(56-37(52)28-41(4,5)27-36(50)51)42(6,7)32(43)17-20-45(33,10)44(30,9)22-24-46/h15,29,31-34H,11-14,16-28H2,1-10H3,(H,47,55)(H,48,49)(H,50,51)(H,53,54)/t29-,31?,32?,33?,34-,43-,44+,45+,46-/m0/s1. The van der Waals surface area contributed by atoms with Gasteiger partial charge in [0.25, 0.3) is 0 Å². The number of unbranched alkanes of at least 4 members (excludes halogenated alkanes) is 2. The maximum atomic E-state index is 14.5. The van der Waals surface area contributed by atoms with Crippen molar-refractivity contribution < 1.29 is 38.9 Å². The largest absolute Gasteiger partial charge is 0.481 e. The molecule has 4 fully saturated rings. The molecule has 0 aliphatic heterocycles. The van der Waals surface area contributed by atoms with E-state index in [9.17, 15) is 29.1 Å². The van der Waals surface area contributed by atoms with Crippen LogP contribution in [0.5, 0.6) is 0 Å². The monoisotopic (exact) mass is 783 g/mol. The van der Waals surface area contributed by atoms with E-state index in [4.69, 9.17) is 9.84 Å². The molecule has 0 aromatic carbocycles. The molecule has 3 unspecified atom stereocenters. The summed E-state index contributed by atoms with van der Waals surface area (Å²) in [5.41, 5.74) is 0.499. The van der Waals surface area contributed by atoms with Crippen LogP contribution in [-0.4, -0.2) is 58.6 Å². The summed E-state index contributed by atoms with van der Waals surface area (Å²) in [5.74, 6) is -1.26. The van der Waals surface area contributed by atoms with Crippen LogP contribution in [0.4, 0.5) is 0 Å². The molecule has 5 aliphatic rings. The van der Waals surface area contributed by atoms with Crippen molar-refractivity contribution in [2.45, 2.75) is 184 Å². The zero-order chi connectivity index (χ0) is 41.7. The van der Waals surface area contributed by atoms with E-state index in [0.717, 1.165) is 77.0 Å². The number of carbonyl (C=O) groups is 5. The van der Waals surface area contributed by atoms with Crippen LogP contribution < -0.4 is 10.6 Å². The maximum absolute atomic E-state index is 14.5. The van der Waals surface area contributed by atoms with Gasteiger partial charge in [0, 0.05) is 18.4 Å². The Morgan fingerprint density at radius 1 is 0.857 bits per heavy atom. The van der Waals surface area contributed by atoms with Gasteiger partial charge in [0.05, 0.1) is 18.3 Å². The highest BCUT2D eigenvalue weighted by atomic mass is 16.5. The van der Waals surface area contributed by atoms with Gasteiger partial charge in [-0.05, 0) is 129 Å². The van der Waals surface area contributed by atoms with E-state index >= 15 is 0 Å². The average Bonchev–Trinajstić information content (AvgIpc) is 3.06. The number of aliphatic carboxylic acids is 2. The predicted molar refractivity (Wildman–Crippen MR) is 216 cm³/mol. The van der Waals surface area contributed by atoms with Gasteiger partial charge in [-0.2, -0.15) is 0 Å². The van der Waals surface area contributed by atoms with Crippen molar-refractivity contribution >= 4 is 29.7 Å². The summed E-state index contributed by atoms with van der Waals surface area (Å²) in [5, 5.41) is 24.3. The molecule has 0 aromatic heterocycles. The van der Waals surface area contributed by atoms with Crippen LogP contribution in [0.25, 0.3) is 0 Å². The number of amides is 2. The molecule has 0 radical (unpaired) electrons. The minimum absolute atomic E-state index is 0.0202. The van der Waals surface area contributed by atoms with E-state index in [2.05, 4.69) is 65.2 Å². The Labute approximate surface area is 336 Å². The Hall–Kier alpha value is -2.91. The van der Waals surface area contributed by atoms with Gasteiger partial charge in [-0.3, -0.25) is 24.0 Å². The molecule has 0 aromatic rings. The van der Waals surface area contributed by atoms with Crippen LogP contribution in [0.3, 0.4) is 0 Å². The Morgan fingerprint density at radius 2 is 1.54 bits per heavy atom. The lowest BCUT2D eigenvalue weighted by Crippen LogP contribution is -2.65. The average molecular weight is 783 g/mol. The third-order valence-corrected chi connectivity index (χ3v) is 16.7. The Bertz CT molecular complexity index is 1580. The summed E-state index contributed by atoms with van der Waals surface area (Å²) in [4.78, 5) is 62.2. The van der Waals surface area contributed by atoms with E-state index in [1.807, 2.05) is 13.8 Å². The second-order valence-corrected chi connectivity index (χ2v) is 21.8. The van der Waals surface area contributed by atoms with Gasteiger partial charge in [-0.25, -0.2) is 0 Å². The van der Waals surface area contributed by atoms with Crippen LogP contribution in [0.1, 0.15) is 172 Å². The second kappa shape index (κ2) is 15.7. The highest BCUT2D eigenvalue weighted by molar-refractivity contribution is 5.84. The van der Waals surface area contributed by atoms with E-state index < -0.39 is 28.8 Å². The quantitative estimate of drug-likeness (QED) is 0.0773. The number of carbonyl (C=O) groups excluding carboxylic acids is 3. The summed E-state index contributed by atoms with van der Waals surface area (Å²) in [6.07, 6.45) is 14.7. The molecule has 0 bridgehead atoms. The van der Waals surface area contributed by atoms with Crippen LogP contribution in [0.15, 0.2) is 11.6 Å². The molecule has 316 valence electrons. The number of allylic oxidation sites excluding steroid dienone is 2. The maximum Gasteiger partial charge on any atom is 0.325 e. The number of ether oxygens (including phenoxy) is 1. The highest BCUT2D eigenvalue weighted by Crippen LogP contribution is 2.76. The van der Waals surface area contributed by atoms with Crippen molar-refractivity contribution in [3.63, 3.8) is 0 Å². The minimum atomic E-state index is -1.05. The molecule has 5 rings (SSSR count). The number of carboxylic acid groups (broad SMARTS) is 2. The first-order valence-electron chi connectivity index (χ1n) is 21.8. The van der Waals surface area contributed by atoms with Gasteiger partial charge in [0.2, 0.25) is 11.8 Å². The fourth-order valence-electron chi connectivity index (χ4n) is 13.2. The van der Waals surface area contributed by atoms with Gasteiger partial charge < -0.3 is 25.6 Å². The van der Waals surface area contributed by atoms with Gasteiger partial charge in [0.1, 0.15) is 12.1 Å². The molecule has 0 saturated heterocycles. The Balaban J connectivity index is 1.30. The van der Waals surface area contributed by atoms with Gasteiger partial charge in [0.15, 0.2) is 0 Å². The number of carboxylic acids is 2. The molecular weight excluding hydrogens is 709 g/mol. The number of hydrogen-bond donors (Lipinski definition) is 4. The number of nitrogens with one attached hydrogen (secondary N) is 2. The zero-order valence-electron chi connectivity index (χ0n) is 36.3. The first kappa shape index (κ1) is 44.2. The minimum Gasteiger partial charge on any atom is -0.481 e. The van der Waals surface area contributed by atoms with Crippen molar-refractivity contribution in [2.75, 3.05) is 6.54 Å². The van der Waals surface area contributed by atoms with Crippen LogP contribution in [-0.2, 0) is 28.7 Å². The number of esters is 1. The number of hydrogen-bond acceptors (Lipinski definition) is 6. The molecule has 4 N–H and O–H groups in total. The van der Waals surface area contributed by atoms with Crippen LogP contribution in [0, 0.1) is 55.7 Å². The number of rotatable bonds is 14. The van der Waals surface area contributed by atoms with Gasteiger partial charge in [-0.1, -0.05) is 80.4 Å². The molecule has 5 aliphatic carbocycles. The van der Waals surface area contributed by atoms with Gasteiger partial charge >= 0.3 is 17.9 Å². The van der Waals surface area contributed by atoms with Crippen LogP contribution in [0.2, 0.25) is 0 Å². The zero-order valence-corrected chi connectivity index (χ0v) is 36.3. The van der Waals surface area contributed by atoms with E-state index in [1.54, 1.807) is 0 Å². The summed E-state index contributed by atoms with van der Waals surface area (Å²) in [7, 11) is 0. The summed E-state index contributed by atoms with van der Waals surface area (Å²) in [6.45, 7) is 22.6. The van der Waals surface area contributed by atoms with E-state index in [-0.39, 0.29) is 76.1 Å². The first-order chi connectivity index (χ1) is 25.8. The predicted octanol–water partition coefficient (Wildman–Crippen LogP) is 8.86. The summed E-state index contributed by atoms with van der Waals surface area (Å²) < 4.78 is 6.26. The normalized spacial score (nSPS) is 36.2. The third-order valence-electron chi connectivity index (χ3n) is 16.7. The van der Waals surface area contributed by atoms with Gasteiger partial charge in [-0.15, -0.1) is 0 Å². The molecule has 10 nitrogen and oxygen atoms in total. The molecule has 4 saturated carbocycles. The smallest absolute Gasteiger partial charge is 0.325 e. The molecule has 56 heavy (non-hydrogen) atoms.